The Bertz CT molecular complexity index is 726. The number of thiophene rings is 1. The zero-order valence-electron chi connectivity index (χ0n) is 12.7. The number of rotatable bonds is 3. The van der Waals surface area contributed by atoms with Gasteiger partial charge in [-0.15, -0.1) is 11.3 Å². The number of nitrogens with zero attached hydrogens (tertiary/aromatic N) is 1. The molecule has 0 unspecified atom stereocenters. The van der Waals surface area contributed by atoms with Crippen molar-refractivity contribution >= 4 is 34.8 Å². The Labute approximate surface area is 144 Å². The minimum absolute atomic E-state index is 0.00523. The van der Waals surface area contributed by atoms with E-state index in [9.17, 15) is 9.59 Å². The molecule has 0 bridgehead atoms. The number of carbonyl (C=O) groups excluding carboxylic acids is 2. The van der Waals surface area contributed by atoms with Crippen molar-refractivity contribution in [1.29, 1.82) is 0 Å². The SMILES string of the molecule is C[C@@H]1c2ccsc2CCN1C(=O)CNC(=O)c1ccc(Cl)cc1. The third kappa shape index (κ3) is 3.41. The molecular formula is C17H17ClN2O2S. The second-order valence-corrected chi connectivity index (χ2v) is 6.94. The summed E-state index contributed by atoms with van der Waals surface area (Å²) in [7, 11) is 0. The highest BCUT2D eigenvalue weighted by molar-refractivity contribution is 7.10. The van der Waals surface area contributed by atoms with Crippen molar-refractivity contribution in [3.8, 4) is 0 Å². The topological polar surface area (TPSA) is 49.4 Å². The van der Waals surface area contributed by atoms with Crippen molar-refractivity contribution in [2.75, 3.05) is 13.1 Å². The second-order valence-electron chi connectivity index (χ2n) is 5.50. The summed E-state index contributed by atoms with van der Waals surface area (Å²) in [4.78, 5) is 27.7. The molecule has 1 atom stereocenters. The monoisotopic (exact) mass is 348 g/mol. The van der Waals surface area contributed by atoms with Gasteiger partial charge in [0.05, 0.1) is 12.6 Å². The van der Waals surface area contributed by atoms with Crippen molar-refractivity contribution in [3.05, 3.63) is 56.7 Å². The predicted octanol–water partition coefficient (Wildman–Crippen LogP) is 3.28. The maximum atomic E-state index is 12.4. The molecule has 0 radical (unpaired) electrons. The van der Waals surface area contributed by atoms with E-state index in [0.29, 0.717) is 17.1 Å². The number of halogens is 1. The minimum Gasteiger partial charge on any atom is -0.343 e. The van der Waals surface area contributed by atoms with E-state index in [4.69, 9.17) is 11.6 Å². The standard InChI is InChI=1S/C17H17ClN2O2S/c1-11-14-7-9-23-15(14)6-8-20(11)16(21)10-19-17(22)12-2-4-13(18)5-3-12/h2-5,7,9,11H,6,8,10H2,1H3,(H,19,22)/t11-/m1/s1. The lowest BCUT2D eigenvalue weighted by Crippen LogP contribution is -2.44. The molecule has 1 aliphatic rings. The average Bonchev–Trinajstić information content (AvgIpc) is 3.03. The Morgan fingerprint density at radius 1 is 1.30 bits per heavy atom. The van der Waals surface area contributed by atoms with Crippen LogP contribution in [0, 0.1) is 0 Å². The highest BCUT2D eigenvalue weighted by Gasteiger charge is 2.28. The van der Waals surface area contributed by atoms with Crippen LogP contribution in [0.2, 0.25) is 5.02 Å². The fourth-order valence-corrected chi connectivity index (χ4v) is 3.90. The summed E-state index contributed by atoms with van der Waals surface area (Å²) in [5.74, 6) is -0.326. The summed E-state index contributed by atoms with van der Waals surface area (Å²) in [6.07, 6.45) is 0.883. The van der Waals surface area contributed by atoms with Crippen LogP contribution < -0.4 is 5.32 Å². The molecule has 2 aromatic rings. The highest BCUT2D eigenvalue weighted by atomic mass is 35.5. The molecule has 2 amide bonds. The number of nitrogens with one attached hydrogen (secondary N) is 1. The lowest BCUT2D eigenvalue weighted by atomic mass is 10.0. The fourth-order valence-electron chi connectivity index (χ4n) is 2.81. The molecule has 23 heavy (non-hydrogen) atoms. The van der Waals surface area contributed by atoms with Gasteiger partial charge in [0, 0.05) is 22.0 Å². The molecule has 1 N–H and O–H groups in total. The van der Waals surface area contributed by atoms with E-state index in [1.165, 1.54) is 10.4 Å². The van der Waals surface area contributed by atoms with E-state index in [1.807, 2.05) is 11.8 Å². The first-order chi connectivity index (χ1) is 11.1. The van der Waals surface area contributed by atoms with E-state index < -0.39 is 0 Å². The van der Waals surface area contributed by atoms with Crippen LogP contribution in [0.4, 0.5) is 0 Å². The molecule has 0 saturated carbocycles. The van der Waals surface area contributed by atoms with Crippen LogP contribution in [0.5, 0.6) is 0 Å². The van der Waals surface area contributed by atoms with E-state index in [0.717, 1.165) is 6.42 Å². The van der Waals surface area contributed by atoms with Gasteiger partial charge in [0.25, 0.3) is 5.91 Å². The fraction of sp³-hybridized carbons (Fsp3) is 0.294. The van der Waals surface area contributed by atoms with Gasteiger partial charge in [-0.25, -0.2) is 0 Å². The van der Waals surface area contributed by atoms with Crippen LogP contribution >= 0.6 is 22.9 Å². The molecular weight excluding hydrogens is 332 g/mol. The smallest absolute Gasteiger partial charge is 0.251 e. The summed E-state index contributed by atoms with van der Waals surface area (Å²) in [6, 6.07) is 8.74. The van der Waals surface area contributed by atoms with Crippen LogP contribution in [0.15, 0.2) is 35.7 Å². The first-order valence-electron chi connectivity index (χ1n) is 7.46. The number of amides is 2. The van der Waals surface area contributed by atoms with E-state index in [2.05, 4.69) is 16.8 Å². The van der Waals surface area contributed by atoms with Gasteiger partial charge in [-0.05, 0) is 54.6 Å². The number of carbonyl (C=O) groups is 2. The first kappa shape index (κ1) is 16.0. The molecule has 0 fully saturated rings. The molecule has 6 heteroatoms. The lowest BCUT2D eigenvalue weighted by molar-refractivity contribution is -0.132. The summed E-state index contributed by atoms with van der Waals surface area (Å²) in [6.45, 7) is 2.74. The van der Waals surface area contributed by atoms with Gasteiger partial charge < -0.3 is 10.2 Å². The van der Waals surface area contributed by atoms with Crippen molar-refractivity contribution in [1.82, 2.24) is 10.2 Å². The summed E-state index contributed by atoms with van der Waals surface area (Å²) < 4.78 is 0. The third-order valence-corrected chi connectivity index (χ3v) is 5.35. The van der Waals surface area contributed by atoms with Crippen LogP contribution in [0.25, 0.3) is 0 Å². The van der Waals surface area contributed by atoms with Crippen LogP contribution in [0.1, 0.15) is 33.8 Å². The zero-order valence-corrected chi connectivity index (χ0v) is 14.3. The molecule has 1 aromatic heterocycles. The van der Waals surface area contributed by atoms with Crippen LogP contribution in [-0.4, -0.2) is 29.8 Å². The van der Waals surface area contributed by atoms with Crippen molar-refractivity contribution in [3.63, 3.8) is 0 Å². The van der Waals surface area contributed by atoms with Gasteiger partial charge in [0.15, 0.2) is 0 Å². The Kier molecular flexibility index (Phi) is 4.68. The highest BCUT2D eigenvalue weighted by Crippen LogP contribution is 2.32. The summed E-state index contributed by atoms with van der Waals surface area (Å²) in [5, 5.41) is 5.33. The maximum absolute atomic E-state index is 12.4. The molecule has 0 saturated heterocycles. The third-order valence-electron chi connectivity index (χ3n) is 4.10. The van der Waals surface area contributed by atoms with E-state index >= 15 is 0 Å². The summed E-state index contributed by atoms with van der Waals surface area (Å²) >= 11 is 7.54. The van der Waals surface area contributed by atoms with Gasteiger partial charge in [0.2, 0.25) is 5.91 Å². The Balaban J connectivity index is 1.59. The molecule has 4 nitrogen and oxygen atoms in total. The molecule has 1 aromatic carbocycles. The predicted molar refractivity (Wildman–Crippen MR) is 91.9 cm³/mol. The first-order valence-corrected chi connectivity index (χ1v) is 8.71. The van der Waals surface area contributed by atoms with Crippen LogP contribution in [0.3, 0.4) is 0 Å². The van der Waals surface area contributed by atoms with Gasteiger partial charge in [-0.2, -0.15) is 0 Å². The molecule has 0 aliphatic carbocycles. The molecule has 0 spiro atoms. The molecule has 120 valence electrons. The quantitative estimate of drug-likeness (QED) is 0.925. The maximum Gasteiger partial charge on any atom is 0.251 e. The van der Waals surface area contributed by atoms with Crippen LogP contribution in [-0.2, 0) is 11.2 Å². The number of fused-ring (bicyclic) bond motifs is 1. The Morgan fingerprint density at radius 2 is 2.04 bits per heavy atom. The number of hydrogen-bond donors (Lipinski definition) is 1. The van der Waals surface area contributed by atoms with Gasteiger partial charge in [0.1, 0.15) is 0 Å². The normalized spacial score (nSPS) is 16.8. The molecule has 2 heterocycles. The van der Waals surface area contributed by atoms with Crippen molar-refractivity contribution in [2.24, 2.45) is 0 Å². The summed E-state index contributed by atoms with van der Waals surface area (Å²) in [5.41, 5.74) is 1.72. The van der Waals surface area contributed by atoms with Gasteiger partial charge >= 0.3 is 0 Å². The average molecular weight is 349 g/mol. The lowest BCUT2D eigenvalue weighted by Gasteiger charge is -2.33. The Hall–Kier alpha value is -1.85. The van der Waals surface area contributed by atoms with Crippen molar-refractivity contribution in [2.45, 2.75) is 19.4 Å². The van der Waals surface area contributed by atoms with Gasteiger partial charge in [-0.1, -0.05) is 11.6 Å². The van der Waals surface area contributed by atoms with E-state index in [-0.39, 0.29) is 24.4 Å². The molecule has 1 aliphatic heterocycles. The van der Waals surface area contributed by atoms with Crippen molar-refractivity contribution < 1.29 is 9.59 Å². The second kappa shape index (κ2) is 6.72. The molecule has 3 rings (SSSR count). The minimum atomic E-state index is -0.268. The van der Waals surface area contributed by atoms with E-state index in [1.54, 1.807) is 35.6 Å². The number of benzene rings is 1. The number of hydrogen-bond acceptors (Lipinski definition) is 3. The Morgan fingerprint density at radius 3 is 2.78 bits per heavy atom. The largest absolute Gasteiger partial charge is 0.343 e. The zero-order chi connectivity index (χ0) is 16.4. The van der Waals surface area contributed by atoms with Gasteiger partial charge in [-0.3, -0.25) is 9.59 Å².